The van der Waals surface area contributed by atoms with Crippen LogP contribution in [-0.4, -0.2) is 13.1 Å². The van der Waals surface area contributed by atoms with Crippen LogP contribution in [-0.2, 0) is 6.18 Å². The van der Waals surface area contributed by atoms with E-state index in [1.165, 1.54) is 6.07 Å². The second-order valence-electron chi connectivity index (χ2n) is 4.68. The SMILES string of the molecule is CCCCN(CCC)c1ccc(C#N)c(C(F)(F)F)c1. The molecular weight excluding hydrogens is 265 g/mol. The van der Waals surface area contributed by atoms with E-state index < -0.39 is 11.7 Å². The van der Waals surface area contributed by atoms with Crippen LogP contribution in [0.25, 0.3) is 0 Å². The maximum Gasteiger partial charge on any atom is 0.417 e. The fourth-order valence-electron chi connectivity index (χ4n) is 2.05. The molecule has 0 radical (unpaired) electrons. The van der Waals surface area contributed by atoms with E-state index in [0.29, 0.717) is 12.2 Å². The molecule has 0 saturated heterocycles. The molecule has 0 saturated carbocycles. The van der Waals surface area contributed by atoms with E-state index in [1.807, 2.05) is 18.7 Å². The van der Waals surface area contributed by atoms with Crippen LogP contribution in [0.1, 0.15) is 44.2 Å². The van der Waals surface area contributed by atoms with Crippen LogP contribution in [0.4, 0.5) is 18.9 Å². The summed E-state index contributed by atoms with van der Waals surface area (Å²) in [7, 11) is 0. The number of nitrogens with zero attached hydrogens (tertiary/aromatic N) is 2. The Morgan fingerprint density at radius 2 is 1.85 bits per heavy atom. The summed E-state index contributed by atoms with van der Waals surface area (Å²) in [4.78, 5) is 1.94. The largest absolute Gasteiger partial charge is 0.417 e. The fraction of sp³-hybridized carbons (Fsp3) is 0.533. The summed E-state index contributed by atoms with van der Waals surface area (Å²) in [5.74, 6) is 0. The number of alkyl halides is 3. The highest BCUT2D eigenvalue weighted by molar-refractivity contribution is 5.54. The molecule has 1 rings (SSSR count). The lowest BCUT2D eigenvalue weighted by atomic mass is 10.1. The van der Waals surface area contributed by atoms with E-state index in [0.717, 1.165) is 31.9 Å². The van der Waals surface area contributed by atoms with Gasteiger partial charge in [0.2, 0.25) is 0 Å². The second kappa shape index (κ2) is 7.18. The predicted molar refractivity (Wildman–Crippen MR) is 73.6 cm³/mol. The van der Waals surface area contributed by atoms with E-state index >= 15 is 0 Å². The first-order valence-corrected chi connectivity index (χ1v) is 6.80. The molecular formula is C15H19F3N2. The van der Waals surface area contributed by atoms with Crippen molar-refractivity contribution in [2.45, 2.75) is 39.3 Å². The van der Waals surface area contributed by atoms with Crippen molar-refractivity contribution in [3.63, 3.8) is 0 Å². The molecule has 1 aromatic carbocycles. The Morgan fingerprint density at radius 3 is 2.35 bits per heavy atom. The third-order valence-corrected chi connectivity index (χ3v) is 3.07. The van der Waals surface area contributed by atoms with Crippen molar-refractivity contribution in [2.75, 3.05) is 18.0 Å². The third kappa shape index (κ3) is 4.16. The molecule has 0 aliphatic carbocycles. The number of benzene rings is 1. The van der Waals surface area contributed by atoms with Gasteiger partial charge in [0.05, 0.1) is 17.2 Å². The van der Waals surface area contributed by atoms with Gasteiger partial charge >= 0.3 is 6.18 Å². The lowest BCUT2D eigenvalue weighted by molar-refractivity contribution is -0.137. The molecule has 0 spiro atoms. The van der Waals surface area contributed by atoms with Crippen molar-refractivity contribution in [3.05, 3.63) is 29.3 Å². The summed E-state index contributed by atoms with van der Waals surface area (Å²) < 4.78 is 38.8. The molecule has 0 fully saturated rings. The van der Waals surface area contributed by atoms with Gasteiger partial charge in [0, 0.05) is 18.8 Å². The highest BCUT2D eigenvalue weighted by atomic mass is 19.4. The molecule has 1 aromatic rings. The topological polar surface area (TPSA) is 27.0 Å². The Morgan fingerprint density at radius 1 is 1.15 bits per heavy atom. The minimum absolute atomic E-state index is 0.326. The van der Waals surface area contributed by atoms with E-state index in [2.05, 4.69) is 0 Å². The van der Waals surface area contributed by atoms with Gasteiger partial charge in [-0.2, -0.15) is 18.4 Å². The van der Waals surface area contributed by atoms with Crippen molar-refractivity contribution in [3.8, 4) is 6.07 Å². The molecule has 110 valence electrons. The lowest BCUT2D eigenvalue weighted by Gasteiger charge is -2.25. The zero-order chi connectivity index (χ0) is 15.2. The number of anilines is 1. The Kier molecular flexibility index (Phi) is 5.87. The zero-order valence-corrected chi connectivity index (χ0v) is 11.8. The maximum atomic E-state index is 12.9. The van der Waals surface area contributed by atoms with E-state index in [1.54, 1.807) is 12.1 Å². The smallest absolute Gasteiger partial charge is 0.372 e. The van der Waals surface area contributed by atoms with E-state index in [9.17, 15) is 13.2 Å². The number of rotatable bonds is 6. The first-order chi connectivity index (χ1) is 9.43. The summed E-state index contributed by atoms with van der Waals surface area (Å²) in [6.07, 6.45) is -1.71. The van der Waals surface area contributed by atoms with Crippen LogP contribution in [0.2, 0.25) is 0 Å². The predicted octanol–water partition coefficient (Wildman–Crippen LogP) is 4.59. The van der Waals surface area contributed by atoms with Gasteiger partial charge in [0.25, 0.3) is 0 Å². The summed E-state index contributed by atoms with van der Waals surface area (Å²) in [6.45, 7) is 5.48. The van der Waals surface area contributed by atoms with Crippen LogP contribution in [0.3, 0.4) is 0 Å². The van der Waals surface area contributed by atoms with Crippen molar-refractivity contribution in [1.29, 1.82) is 5.26 Å². The van der Waals surface area contributed by atoms with Crippen molar-refractivity contribution in [1.82, 2.24) is 0 Å². The Balaban J connectivity index is 3.14. The summed E-state index contributed by atoms with van der Waals surface area (Å²) in [5.41, 5.74) is -0.644. The van der Waals surface area contributed by atoms with Gasteiger partial charge in [0.1, 0.15) is 0 Å². The normalized spacial score (nSPS) is 11.2. The quantitative estimate of drug-likeness (QED) is 0.763. The number of hydrogen-bond donors (Lipinski definition) is 0. The summed E-state index contributed by atoms with van der Waals surface area (Å²) >= 11 is 0. The average Bonchev–Trinajstić information content (AvgIpc) is 2.42. The maximum absolute atomic E-state index is 12.9. The first-order valence-electron chi connectivity index (χ1n) is 6.80. The van der Waals surface area contributed by atoms with Gasteiger partial charge in [-0.15, -0.1) is 0 Å². The van der Waals surface area contributed by atoms with Crippen molar-refractivity contribution >= 4 is 5.69 Å². The van der Waals surface area contributed by atoms with E-state index in [4.69, 9.17) is 5.26 Å². The first kappa shape index (κ1) is 16.4. The molecule has 0 aliphatic rings. The lowest BCUT2D eigenvalue weighted by Crippen LogP contribution is -2.25. The molecule has 0 bridgehead atoms. The van der Waals surface area contributed by atoms with Crippen molar-refractivity contribution < 1.29 is 13.2 Å². The Bertz CT molecular complexity index is 475. The molecule has 0 unspecified atom stereocenters. The molecule has 5 heteroatoms. The number of hydrogen-bond acceptors (Lipinski definition) is 2. The average molecular weight is 284 g/mol. The van der Waals surface area contributed by atoms with Crippen molar-refractivity contribution in [2.24, 2.45) is 0 Å². The number of nitriles is 1. The van der Waals surface area contributed by atoms with Crippen LogP contribution < -0.4 is 4.90 Å². The van der Waals surface area contributed by atoms with Gasteiger partial charge in [-0.25, -0.2) is 0 Å². The molecule has 2 nitrogen and oxygen atoms in total. The molecule has 0 aliphatic heterocycles. The Hall–Kier alpha value is -1.70. The van der Waals surface area contributed by atoms with Crippen LogP contribution >= 0.6 is 0 Å². The minimum Gasteiger partial charge on any atom is -0.372 e. The monoisotopic (exact) mass is 284 g/mol. The Labute approximate surface area is 117 Å². The van der Waals surface area contributed by atoms with E-state index in [-0.39, 0.29) is 5.56 Å². The number of halogens is 3. The molecule has 0 atom stereocenters. The van der Waals surface area contributed by atoms with Crippen LogP contribution in [0.15, 0.2) is 18.2 Å². The minimum atomic E-state index is -4.50. The summed E-state index contributed by atoms with van der Waals surface area (Å²) in [6, 6.07) is 5.55. The van der Waals surface area contributed by atoms with Crippen LogP contribution in [0.5, 0.6) is 0 Å². The molecule has 20 heavy (non-hydrogen) atoms. The standard InChI is InChI=1S/C15H19F3N2/c1-3-5-9-20(8-4-2)13-7-6-12(11-19)14(10-13)15(16,17)18/h6-7,10H,3-5,8-9H2,1-2H3. The van der Waals surface area contributed by atoms with Gasteiger partial charge in [-0.3, -0.25) is 0 Å². The highest BCUT2D eigenvalue weighted by Gasteiger charge is 2.34. The fourth-order valence-corrected chi connectivity index (χ4v) is 2.05. The second-order valence-corrected chi connectivity index (χ2v) is 4.68. The molecule has 0 heterocycles. The van der Waals surface area contributed by atoms with Gasteiger partial charge < -0.3 is 4.90 Å². The van der Waals surface area contributed by atoms with Gasteiger partial charge in [-0.05, 0) is 31.0 Å². The van der Waals surface area contributed by atoms with Crippen LogP contribution in [0, 0.1) is 11.3 Å². The highest BCUT2D eigenvalue weighted by Crippen LogP contribution is 2.34. The van der Waals surface area contributed by atoms with Gasteiger partial charge in [-0.1, -0.05) is 20.3 Å². The van der Waals surface area contributed by atoms with Gasteiger partial charge in [0.15, 0.2) is 0 Å². The third-order valence-electron chi connectivity index (χ3n) is 3.07. The summed E-state index contributed by atoms with van der Waals surface area (Å²) in [5, 5.41) is 8.79. The molecule has 0 aromatic heterocycles. The zero-order valence-electron chi connectivity index (χ0n) is 11.8. The molecule has 0 amide bonds. The number of unbranched alkanes of at least 4 members (excludes halogenated alkanes) is 1. The molecule has 0 N–H and O–H groups in total.